The zero-order valence-corrected chi connectivity index (χ0v) is 14.2. The molecule has 0 radical (unpaired) electrons. The van der Waals surface area contributed by atoms with Gasteiger partial charge in [0.1, 0.15) is 0 Å². The van der Waals surface area contributed by atoms with Crippen LogP contribution in [-0.4, -0.2) is 40.9 Å². The van der Waals surface area contributed by atoms with Gasteiger partial charge in [-0.1, -0.05) is 43.2 Å². The van der Waals surface area contributed by atoms with Crippen molar-refractivity contribution in [1.82, 2.24) is 14.9 Å². The minimum Gasteiger partial charge on any atom is -0.341 e. The molecule has 0 unspecified atom stereocenters. The first-order chi connectivity index (χ1) is 11.7. The maximum atomic E-state index is 12.5. The molecule has 5 heteroatoms. The Kier molecular flexibility index (Phi) is 5.41. The lowest BCUT2D eigenvalue weighted by Crippen LogP contribution is -2.28. The lowest BCUT2D eigenvalue weighted by molar-refractivity contribution is 0.0784. The van der Waals surface area contributed by atoms with Crippen molar-refractivity contribution >= 4 is 11.9 Å². The molecule has 0 atom stereocenters. The Morgan fingerprint density at radius 2 is 1.67 bits per heavy atom. The monoisotopic (exact) mass is 324 g/mol. The highest BCUT2D eigenvalue weighted by atomic mass is 16.2. The lowest BCUT2D eigenvalue weighted by atomic mass is 10.2. The summed E-state index contributed by atoms with van der Waals surface area (Å²) in [6, 6.07) is 9.96. The smallest absolute Gasteiger partial charge is 0.257 e. The fourth-order valence-corrected chi connectivity index (χ4v) is 3.02. The van der Waals surface area contributed by atoms with Gasteiger partial charge in [0.15, 0.2) is 0 Å². The van der Waals surface area contributed by atoms with Crippen LogP contribution in [0.3, 0.4) is 0 Å². The Morgan fingerprint density at radius 3 is 2.29 bits per heavy atom. The van der Waals surface area contributed by atoms with E-state index in [0.717, 1.165) is 24.6 Å². The molecule has 24 heavy (non-hydrogen) atoms. The average molecular weight is 324 g/mol. The van der Waals surface area contributed by atoms with Crippen LogP contribution in [0.15, 0.2) is 42.7 Å². The van der Waals surface area contributed by atoms with Gasteiger partial charge in [-0.2, -0.15) is 0 Å². The number of rotatable bonds is 4. The third kappa shape index (κ3) is 4.10. The number of nitrogens with zero attached hydrogens (tertiary/aromatic N) is 4. The zero-order chi connectivity index (χ0) is 16.8. The summed E-state index contributed by atoms with van der Waals surface area (Å²) in [5.41, 5.74) is 1.64. The van der Waals surface area contributed by atoms with E-state index in [9.17, 15) is 4.79 Å². The molecule has 1 amide bonds. The molecule has 1 saturated heterocycles. The maximum Gasteiger partial charge on any atom is 0.257 e. The second kappa shape index (κ2) is 7.90. The Morgan fingerprint density at radius 1 is 1.04 bits per heavy atom. The molecule has 0 aliphatic carbocycles. The number of hydrogen-bond donors (Lipinski definition) is 0. The number of carbonyl (C=O) groups is 1. The van der Waals surface area contributed by atoms with Crippen LogP contribution >= 0.6 is 0 Å². The second-order valence-electron chi connectivity index (χ2n) is 6.32. The summed E-state index contributed by atoms with van der Waals surface area (Å²) in [5.74, 6) is 0.681. The Balaban J connectivity index is 1.64. The molecule has 3 rings (SSSR count). The summed E-state index contributed by atoms with van der Waals surface area (Å²) >= 11 is 0. The summed E-state index contributed by atoms with van der Waals surface area (Å²) in [6.07, 6.45) is 8.22. The molecule has 0 N–H and O–H groups in total. The molecule has 126 valence electrons. The summed E-state index contributed by atoms with van der Waals surface area (Å²) in [7, 11) is 1.80. The van der Waals surface area contributed by atoms with Crippen LogP contribution in [0.1, 0.15) is 41.6 Å². The highest BCUT2D eigenvalue weighted by Crippen LogP contribution is 2.15. The fourth-order valence-electron chi connectivity index (χ4n) is 3.02. The average Bonchev–Trinajstić information content (AvgIpc) is 2.91. The second-order valence-corrected chi connectivity index (χ2v) is 6.32. The Bertz CT molecular complexity index is 649. The quantitative estimate of drug-likeness (QED) is 0.867. The van der Waals surface area contributed by atoms with Crippen molar-refractivity contribution in [2.45, 2.75) is 32.2 Å². The van der Waals surface area contributed by atoms with Crippen LogP contribution < -0.4 is 4.90 Å². The van der Waals surface area contributed by atoms with Gasteiger partial charge >= 0.3 is 0 Å². The molecule has 2 heterocycles. The number of benzene rings is 1. The van der Waals surface area contributed by atoms with Crippen LogP contribution in [0, 0.1) is 0 Å². The predicted octanol–water partition coefficient (Wildman–Crippen LogP) is 3.13. The number of amides is 1. The van der Waals surface area contributed by atoms with Crippen molar-refractivity contribution in [3.05, 3.63) is 53.9 Å². The normalized spacial score (nSPS) is 15.0. The van der Waals surface area contributed by atoms with E-state index in [2.05, 4.69) is 14.9 Å². The third-order valence-electron chi connectivity index (χ3n) is 4.38. The van der Waals surface area contributed by atoms with Gasteiger partial charge in [0.05, 0.1) is 5.56 Å². The van der Waals surface area contributed by atoms with Gasteiger partial charge in [-0.15, -0.1) is 0 Å². The van der Waals surface area contributed by atoms with Crippen LogP contribution in [0.5, 0.6) is 0 Å². The van der Waals surface area contributed by atoms with Crippen LogP contribution in [-0.2, 0) is 6.54 Å². The van der Waals surface area contributed by atoms with Gasteiger partial charge in [0, 0.05) is 39.1 Å². The summed E-state index contributed by atoms with van der Waals surface area (Å²) in [4.78, 5) is 25.3. The van der Waals surface area contributed by atoms with Gasteiger partial charge < -0.3 is 9.80 Å². The highest BCUT2D eigenvalue weighted by molar-refractivity contribution is 5.93. The lowest BCUT2D eigenvalue weighted by Gasteiger charge is -2.21. The first kappa shape index (κ1) is 16.4. The van der Waals surface area contributed by atoms with Crippen molar-refractivity contribution < 1.29 is 4.79 Å². The molecule has 1 aromatic heterocycles. The highest BCUT2D eigenvalue weighted by Gasteiger charge is 2.16. The van der Waals surface area contributed by atoms with Gasteiger partial charge in [0.2, 0.25) is 5.95 Å². The Hall–Kier alpha value is -2.43. The number of aromatic nitrogens is 2. The topological polar surface area (TPSA) is 49.3 Å². The molecule has 0 spiro atoms. The number of anilines is 1. The van der Waals surface area contributed by atoms with Crippen molar-refractivity contribution in [3.63, 3.8) is 0 Å². The van der Waals surface area contributed by atoms with Gasteiger partial charge in [0.25, 0.3) is 5.91 Å². The number of carbonyl (C=O) groups excluding carboxylic acids is 1. The van der Waals surface area contributed by atoms with Crippen LogP contribution in [0.25, 0.3) is 0 Å². The first-order valence-corrected chi connectivity index (χ1v) is 8.60. The molecular weight excluding hydrogens is 300 g/mol. The summed E-state index contributed by atoms with van der Waals surface area (Å²) in [5, 5.41) is 0. The van der Waals surface area contributed by atoms with E-state index in [1.807, 2.05) is 30.3 Å². The molecule has 1 aliphatic rings. The molecule has 1 fully saturated rings. The molecule has 1 aliphatic heterocycles. The predicted molar refractivity (Wildman–Crippen MR) is 95.0 cm³/mol. The van der Waals surface area contributed by atoms with Crippen LogP contribution in [0.4, 0.5) is 5.95 Å². The van der Waals surface area contributed by atoms with Crippen molar-refractivity contribution in [2.75, 3.05) is 25.0 Å². The van der Waals surface area contributed by atoms with Crippen molar-refractivity contribution in [1.29, 1.82) is 0 Å². The van der Waals surface area contributed by atoms with E-state index in [1.54, 1.807) is 24.3 Å². The minimum absolute atomic E-state index is 0.0544. The summed E-state index contributed by atoms with van der Waals surface area (Å²) < 4.78 is 0. The molecule has 0 saturated carbocycles. The van der Waals surface area contributed by atoms with Crippen LogP contribution in [0.2, 0.25) is 0 Å². The first-order valence-electron chi connectivity index (χ1n) is 8.60. The molecule has 5 nitrogen and oxygen atoms in total. The van der Waals surface area contributed by atoms with Crippen molar-refractivity contribution in [2.24, 2.45) is 0 Å². The van der Waals surface area contributed by atoms with Crippen molar-refractivity contribution in [3.8, 4) is 0 Å². The van der Waals surface area contributed by atoms with Gasteiger partial charge in [-0.05, 0) is 18.4 Å². The molecule has 2 aromatic rings. The zero-order valence-electron chi connectivity index (χ0n) is 14.2. The van der Waals surface area contributed by atoms with E-state index in [-0.39, 0.29) is 5.91 Å². The summed E-state index contributed by atoms with van der Waals surface area (Å²) in [6.45, 7) is 2.58. The maximum absolute atomic E-state index is 12.5. The minimum atomic E-state index is -0.0544. The largest absolute Gasteiger partial charge is 0.341 e. The van der Waals surface area contributed by atoms with E-state index >= 15 is 0 Å². The Labute approximate surface area is 143 Å². The van der Waals surface area contributed by atoms with Gasteiger partial charge in [-0.3, -0.25) is 4.79 Å². The van der Waals surface area contributed by atoms with E-state index in [4.69, 9.17) is 0 Å². The molecular formula is C19H24N4O. The van der Waals surface area contributed by atoms with E-state index < -0.39 is 0 Å². The fraction of sp³-hybridized carbons (Fsp3) is 0.421. The SMILES string of the molecule is CN(Cc1ccccc1)C(=O)c1cnc(N2CCCCCC2)nc1. The van der Waals surface area contributed by atoms with E-state index in [1.165, 1.54) is 25.7 Å². The number of hydrogen-bond acceptors (Lipinski definition) is 4. The molecule has 1 aromatic carbocycles. The van der Waals surface area contributed by atoms with Gasteiger partial charge in [-0.25, -0.2) is 9.97 Å². The third-order valence-corrected chi connectivity index (χ3v) is 4.38. The standard InChI is InChI=1S/C19H24N4O/c1-22(15-16-9-5-4-6-10-16)18(24)17-13-20-19(21-14-17)23-11-7-2-3-8-12-23/h4-6,9-10,13-14H,2-3,7-8,11-12,15H2,1H3. The van der Waals surface area contributed by atoms with E-state index in [0.29, 0.717) is 12.1 Å². The molecule has 0 bridgehead atoms.